The van der Waals surface area contributed by atoms with Gasteiger partial charge in [0, 0.05) is 25.4 Å². The Morgan fingerprint density at radius 2 is 2.00 bits per heavy atom. The number of aliphatic carboxylic acids is 1. The second-order valence-corrected chi connectivity index (χ2v) is 10.5. The Balaban J connectivity index is 1.22. The predicted molar refractivity (Wildman–Crippen MR) is 141 cm³/mol. The lowest BCUT2D eigenvalue weighted by Gasteiger charge is -2.37. The molecule has 0 amide bonds. The summed E-state index contributed by atoms with van der Waals surface area (Å²) in [5.74, 6) is -0.534. The van der Waals surface area contributed by atoms with E-state index in [9.17, 15) is 4.79 Å². The molecular weight excluding hydrogens is 468 g/mol. The van der Waals surface area contributed by atoms with E-state index >= 15 is 0 Å². The zero-order valence-corrected chi connectivity index (χ0v) is 21.7. The molecule has 37 heavy (non-hydrogen) atoms. The Hall–Kier alpha value is -2.91. The average Bonchev–Trinajstić information content (AvgIpc) is 3.35. The SMILES string of the molecule is C[C@H]1CN=NN1C1CCN(COC2C=c3nc(CCCCC(=O)O)c(C4C=CC=CC4)nc3=CC2)CC1. The van der Waals surface area contributed by atoms with Gasteiger partial charge < -0.3 is 9.84 Å². The first kappa shape index (κ1) is 25.7. The largest absolute Gasteiger partial charge is 0.481 e. The molecule has 2 unspecified atom stereocenters. The first-order valence-electron chi connectivity index (χ1n) is 13.7. The highest BCUT2D eigenvalue weighted by Crippen LogP contribution is 2.25. The van der Waals surface area contributed by atoms with Gasteiger partial charge in [-0.3, -0.25) is 14.7 Å². The van der Waals surface area contributed by atoms with Crippen LogP contribution < -0.4 is 10.7 Å². The number of aromatic nitrogens is 2. The first-order valence-corrected chi connectivity index (χ1v) is 13.7. The molecule has 1 aromatic heterocycles. The number of carboxylic acid groups (broad SMARTS) is 1. The maximum atomic E-state index is 10.9. The number of hydrogen-bond donors (Lipinski definition) is 1. The van der Waals surface area contributed by atoms with Crippen molar-refractivity contribution in [3.63, 3.8) is 0 Å². The van der Waals surface area contributed by atoms with E-state index in [0.29, 0.717) is 25.2 Å². The van der Waals surface area contributed by atoms with Crippen LogP contribution in [0.1, 0.15) is 69.2 Å². The highest BCUT2D eigenvalue weighted by atomic mass is 16.5. The molecule has 5 rings (SSSR count). The highest BCUT2D eigenvalue weighted by Gasteiger charge is 2.29. The number of rotatable bonds is 10. The smallest absolute Gasteiger partial charge is 0.303 e. The number of nitrogens with zero attached hydrogens (tertiary/aromatic N) is 6. The number of unbranched alkanes of at least 4 members (excludes halogenated alkanes) is 1. The summed E-state index contributed by atoms with van der Waals surface area (Å²) in [4.78, 5) is 23.4. The molecule has 1 fully saturated rings. The number of fused-ring (bicyclic) bond motifs is 1. The summed E-state index contributed by atoms with van der Waals surface area (Å²) < 4.78 is 6.30. The molecule has 9 heteroatoms. The van der Waals surface area contributed by atoms with Crippen molar-refractivity contribution in [3.05, 3.63) is 46.4 Å². The number of hydrogen-bond acceptors (Lipinski definition) is 8. The van der Waals surface area contributed by atoms with Gasteiger partial charge in [-0.25, -0.2) is 9.97 Å². The molecular formula is C28H38N6O3. The molecule has 9 nitrogen and oxygen atoms in total. The summed E-state index contributed by atoms with van der Waals surface area (Å²) >= 11 is 0. The van der Waals surface area contributed by atoms with Crippen molar-refractivity contribution in [3.8, 4) is 0 Å². The van der Waals surface area contributed by atoms with Crippen molar-refractivity contribution >= 4 is 18.1 Å². The normalized spacial score (nSPS) is 25.6. The molecule has 2 aliphatic carbocycles. The number of ether oxygens (including phenoxy) is 1. The third-order valence-electron chi connectivity index (χ3n) is 7.69. The van der Waals surface area contributed by atoms with Gasteiger partial charge in [0.15, 0.2) is 0 Å². The second kappa shape index (κ2) is 12.1. The van der Waals surface area contributed by atoms with Gasteiger partial charge in [-0.15, -0.1) is 0 Å². The van der Waals surface area contributed by atoms with Crippen LogP contribution in [0.4, 0.5) is 0 Å². The Kier molecular flexibility index (Phi) is 8.41. The zero-order valence-electron chi connectivity index (χ0n) is 21.7. The van der Waals surface area contributed by atoms with E-state index < -0.39 is 5.97 Å². The Labute approximate surface area is 218 Å². The molecule has 198 valence electrons. The van der Waals surface area contributed by atoms with E-state index in [1.54, 1.807) is 0 Å². The van der Waals surface area contributed by atoms with Gasteiger partial charge in [0.2, 0.25) is 0 Å². The number of piperidine rings is 1. The van der Waals surface area contributed by atoms with Crippen LogP contribution in [0.5, 0.6) is 0 Å². The van der Waals surface area contributed by atoms with Crippen molar-refractivity contribution in [1.82, 2.24) is 19.9 Å². The lowest BCUT2D eigenvalue weighted by molar-refractivity contribution is -0.137. The van der Waals surface area contributed by atoms with Gasteiger partial charge in [0.25, 0.3) is 0 Å². The molecule has 4 aliphatic rings. The molecule has 0 spiro atoms. The molecule has 0 aromatic carbocycles. The molecule has 0 radical (unpaired) electrons. The molecule has 0 bridgehead atoms. The fraction of sp³-hybridized carbons (Fsp3) is 0.607. The van der Waals surface area contributed by atoms with Crippen LogP contribution in [-0.2, 0) is 16.0 Å². The molecule has 3 atom stereocenters. The fourth-order valence-corrected chi connectivity index (χ4v) is 5.55. The molecule has 1 saturated heterocycles. The minimum Gasteiger partial charge on any atom is -0.481 e. The van der Waals surface area contributed by atoms with Gasteiger partial charge >= 0.3 is 5.97 Å². The summed E-state index contributed by atoms with van der Waals surface area (Å²) in [7, 11) is 0. The summed E-state index contributed by atoms with van der Waals surface area (Å²) in [6.45, 7) is 5.62. The van der Waals surface area contributed by atoms with Crippen LogP contribution in [0.2, 0.25) is 0 Å². The van der Waals surface area contributed by atoms with E-state index in [2.05, 4.69) is 63.6 Å². The van der Waals surface area contributed by atoms with Crippen molar-refractivity contribution in [2.75, 3.05) is 26.4 Å². The number of carboxylic acids is 1. The van der Waals surface area contributed by atoms with Gasteiger partial charge in [0.1, 0.15) is 0 Å². The number of likely N-dealkylation sites (tertiary alicyclic amines) is 1. The minimum atomic E-state index is -0.750. The summed E-state index contributed by atoms with van der Waals surface area (Å²) in [5.41, 5.74) is 2.00. The van der Waals surface area contributed by atoms with Crippen molar-refractivity contribution in [2.45, 2.75) is 82.4 Å². The molecule has 0 saturated carbocycles. The maximum Gasteiger partial charge on any atom is 0.303 e. The van der Waals surface area contributed by atoms with Crippen LogP contribution in [-0.4, -0.2) is 75.5 Å². The van der Waals surface area contributed by atoms with E-state index in [1.165, 1.54) is 0 Å². The van der Waals surface area contributed by atoms with Crippen LogP contribution in [0.25, 0.3) is 12.2 Å². The summed E-state index contributed by atoms with van der Waals surface area (Å²) in [5, 5.41) is 21.5. The highest BCUT2D eigenvalue weighted by molar-refractivity contribution is 5.66. The quantitative estimate of drug-likeness (QED) is 0.487. The monoisotopic (exact) mass is 506 g/mol. The van der Waals surface area contributed by atoms with E-state index in [4.69, 9.17) is 19.8 Å². The van der Waals surface area contributed by atoms with Crippen molar-refractivity contribution in [1.29, 1.82) is 0 Å². The third kappa shape index (κ3) is 6.51. The van der Waals surface area contributed by atoms with Crippen molar-refractivity contribution < 1.29 is 14.6 Å². The van der Waals surface area contributed by atoms with Crippen LogP contribution in [0.15, 0.2) is 34.6 Å². The molecule has 2 aliphatic heterocycles. The Morgan fingerprint density at radius 3 is 2.73 bits per heavy atom. The van der Waals surface area contributed by atoms with Crippen LogP contribution in [0, 0.1) is 0 Å². The van der Waals surface area contributed by atoms with Crippen LogP contribution in [0.3, 0.4) is 0 Å². The minimum absolute atomic E-state index is 0.0184. The van der Waals surface area contributed by atoms with E-state index in [-0.39, 0.29) is 18.4 Å². The van der Waals surface area contributed by atoms with Gasteiger partial charge in [-0.05, 0) is 57.9 Å². The zero-order chi connectivity index (χ0) is 25.6. The summed E-state index contributed by atoms with van der Waals surface area (Å²) in [6, 6.07) is 0.890. The first-order chi connectivity index (χ1) is 18.1. The van der Waals surface area contributed by atoms with E-state index in [0.717, 1.165) is 80.2 Å². The third-order valence-corrected chi connectivity index (χ3v) is 7.69. The lowest BCUT2D eigenvalue weighted by Crippen LogP contribution is -2.46. The second-order valence-electron chi connectivity index (χ2n) is 10.5. The van der Waals surface area contributed by atoms with E-state index in [1.807, 2.05) is 0 Å². The Bertz CT molecular complexity index is 1170. The van der Waals surface area contributed by atoms with Crippen LogP contribution >= 0.6 is 0 Å². The lowest BCUT2D eigenvalue weighted by atomic mass is 9.93. The number of carbonyl (C=O) groups is 1. The molecule has 1 N–H and O–H groups in total. The fourth-order valence-electron chi connectivity index (χ4n) is 5.55. The standard InChI is InChI=1S/C28H38N6O3/c1-20-18-29-32-34(20)22-13-15-33(16-14-22)19-37-23-11-12-24-26(17-23)30-25(9-5-6-10-27(35)36)28(31-24)21-7-3-2-4-8-21/h2-4,7,12,17,20-23H,5-6,8-11,13-16,18-19H2,1H3,(H,35,36)/t20-,21?,23?/m0/s1. The Morgan fingerprint density at radius 1 is 1.14 bits per heavy atom. The summed E-state index contributed by atoms with van der Waals surface area (Å²) in [6.07, 6.45) is 19.0. The maximum absolute atomic E-state index is 10.9. The van der Waals surface area contributed by atoms with Gasteiger partial charge in [0.05, 0.1) is 53.5 Å². The topological polar surface area (TPSA) is 104 Å². The van der Waals surface area contributed by atoms with Gasteiger partial charge in [-0.2, -0.15) is 5.11 Å². The van der Waals surface area contributed by atoms with Crippen molar-refractivity contribution in [2.24, 2.45) is 10.3 Å². The average molecular weight is 507 g/mol. The molecule has 3 heterocycles. The number of aryl methyl sites for hydroxylation is 1. The van der Waals surface area contributed by atoms with Gasteiger partial charge in [-0.1, -0.05) is 35.6 Å². The molecule has 1 aromatic rings. The predicted octanol–water partition coefficient (Wildman–Crippen LogP) is 2.72. The number of allylic oxidation sites excluding steroid dienone is 4.